The highest BCUT2D eigenvalue weighted by Gasteiger charge is 2.21. The number of rotatable bonds is 2. The number of para-hydroxylation sites is 5. The first-order valence-electron chi connectivity index (χ1n) is 12.1. The minimum absolute atomic E-state index is 0.845. The summed E-state index contributed by atoms with van der Waals surface area (Å²) in [5, 5.41) is 4.45. The molecule has 170 valence electrons. The quantitative estimate of drug-likeness (QED) is 0.257. The lowest BCUT2D eigenvalue weighted by molar-refractivity contribution is 0.668. The van der Waals surface area contributed by atoms with Crippen LogP contribution in [0.2, 0.25) is 0 Å². The Kier molecular flexibility index (Phi) is 3.84. The Bertz CT molecular complexity index is 2120. The normalized spacial score (nSPS) is 12.0. The van der Waals surface area contributed by atoms with Gasteiger partial charge in [-0.3, -0.25) is 4.57 Å². The van der Waals surface area contributed by atoms with E-state index in [1.54, 1.807) is 0 Å². The molecule has 8 aromatic rings. The predicted octanol–water partition coefficient (Wildman–Crippen LogP) is 8.80. The summed E-state index contributed by atoms with van der Waals surface area (Å²) in [4.78, 5) is 5.12. The zero-order valence-corrected chi connectivity index (χ0v) is 19.5. The number of hydrogen-bond donors (Lipinski definition) is 0. The van der Waals surface area contributed by atoms with Crippen LogP contribution in [0.15, 0.2) is 112 Å². The van der Waals surface area contributed by atoms with Gasteiger partial charge in [-0.2, -0.15) is 0 Å². The van der Waals surface area contributed by atoms with E-state index in [0.29, 0.717) is 0 Å². The zero-order valence-electron chi connectivity index (χ0n) is 19.5. The molecule has 0 aliphatic heterocycles. The molecule has 0 N–H and O–H groups in total. The Morgan fingerprint density at radius 2 is 1.31 bits per heavy atom. The van der Waals surface area contributed by atoms with Gasteiger partial charge in [0.15, 0.2) is 0 Å². The Morgan fingerprint density at radius 3 is 2.17 bits per heavy atom. The first kappa shape index (κ1) is 19.5. The molecule has 0 unspecified atom stereocenters. The summed E-state index contributed by atoms with van der Waals surface area (Å²) >= 11 is 0. The van der Waals surface area contributed by atoms with Crippen molar-refractivity contribution in [2.75, 3.05) is 0 Å². The molecule has 36 heavy (non-hydrogen) atoms. The van der Waals surface area contributed by atoms with Crippen LogP contribution in [0.3, 0.4) is 0 Å². The van der Waals surface area contributed by atoms with Crippen molar-refractivity contribution in [1.82, 2.24) is 9.55 Å². The van der Waals surface area contributed by atoms with Crippen molar-refractivity contribution in [3.63, 3.8) is 0 Å². The molecule has 0 aliphatic rings. The van der Waals surface area contributed by atoms with Crippen LogP contribution in [0, 0.1) is 6.92 Å². The van der Waals surface area contributed by atoms with Crippen LogP contribution in [0.4, 0.5) is 0 Å². The van der Waals surface area contributed by atoms with Crippen molar-refractivity contribution >= 4 is 54.9 Å². The third-order valence-corrected chi connectivity index (χ3v) is 7.14. The van der Waals surface area contributed by atoms with Crippen molar-refractivity contribution in [2.45, 2.75) is 6.92 Å². The number of aromatic nitrogens is 2. The number of benzene rings is 5. The van der Waals surface area contributed by atoms with Gasteiger partial charge in [0, 0.05) is 27.6 Å². The second kappa shape index (κ2) is 7.09. The third kappa shape index (κ3) is 2.61. The van der Waals surface area contributed by atoms with E-state index < -0.39 is 0 Å². The fourth-order valence-corrected chi connectivity index (χ4v) is 5.48. The summed E-state index contributed by atoms with van der Waals surface area (Å²) in [7, 11) is 0. The average Bonchev–Trinajstić information content (AvgIpc) is 3.59. The Hall–Kier alpha value is -4.83. The molecular weight excluding hydrogens is 444 g/mol. The van der Waals surface area contributed by atoms with Crippen LogP contribution in [0.5, 0.6) is 0 Å². The highest BCUT2D eigenvalue weighted by molar-refractivity contribution is 6.10. The van der Waals surface area contributed by atoms with Crippen LogP contribution in [0.1, 0.15) is 5.56 Å². The molecule has 0 spiro atoms. The van der Waals surface area contributed by atoms with Gasteiger partial charge in [-0.25, -0.2) is 4.98 Å². The first-order valence-corrected chi connectivity index (χ1v) is 12.1. The molecule has 8 rings (SSSR count). The van der Waals surface area contributed by atoms with Gasteiger partial charge in [-0.1, -0.05) is 60.7 Å². The maximum atomic E-state index is 6.39. The van der Waals surface area contributed by atoms with Crippen molar-refractivity contribution in [3.8, 4) is 17.1 Å². The van der Waals surface area contributed by atoms with Crippen molar-refractivity contribution in [2.24, 2.45) is 0 Å². The smallest absolute Gasteiger partial charge is 0.149 e. The Morgan fingerprint density at radius 1 is 0.611 bits per heavy atom. The lowest BCUT2D eigenvalue weighted by Gasteiger charge is -2.13. The lowest BCUT2D eigenvalue weighted by Crippen LogP contribution is -2.00. The van der Waals surface area contributed by atoms with Gasteiger partial charge in [0.2, 0.25) is 0 Å². The van der Waals surface area contributed by atoms with Crippen LogP contribution in [-0.2, 0) is 0 Å². The Labute approximate surface area is 206 Å². The summed E-state index contributed by atoms with van der Waals surface area (Å²) in [5.41, 5.74) is 8.61. The zero-order chi connectivity index (χ0) is 23.8. The molecule has 4 heteroatoms. The fraction of sp³-hybridized carbons (Fsp3) is 0.0312. The Balaban J connectivity index is 1.48. The molecule has 4 nitrogen and oxygen atoms in total. The number of aryl methyl sites for hydroxylation is 1. The van der Waals surface area contributed by atoms with Crippen LogP contribution >= 0.6 is 0 Å². The summed E-state index contributed by atoms with van der Waals surface area (Å²) in [6, 6.07) is 35.3. The van der Waals surface area contributed by atoms with Gasteiger partial charge < -0.3 is 8.83 Å². The van der Waals surface area contributed by atoms with E-state index in [1.165, 1.54) is 0 Å². The maximum Gasteiger partial charge on any atom is 0.149 e. The molecule has 3 aromatic heterocycles. The van der Waals surface area contributed by atoms with Crippen molar-refractivity contribution in [1.29, 1.82) is 0 Å². The highest BCUT2D eigenvalue weighted by Crippen LogP contribution is 2.39. The number of fused-ring (bicyclic) bond motifs is 7. The first-order chi connectivity index (χ1) is 17.8. The van der Waals surface area contributed by atoms with Gasteiger partial charge in [0.05, 0.1) is 22.3 Å². The van der Waals surface area contributed by atoms with Gasteiger partial charge in [0.1, 0.15) is 28.2 Å². The third-order valence-electron chi connectivity index (χ3n) is 7.14. The second-order valence-corrected chi connectivity index (χ2v) is 9.27. The van der Waals surface area contributed by atoms with E-state index in [0.717, 1.165) is 77.5 Å². The van der Waals surface area contributed by atoms with E-state index >= 15 is 0 Å². The van der Waals surface area contributed by atoms with E-state index in [2.05, 4.69) is 78.2 Å². The molecule has 0 fully saturated rings. The minimum Gasteiger partial charge on any atom is -0.456 e. The van der Waals surface area contributed by atoms with Crippen molar-refractivity contribution < 1.29 is 8.83 Å². The SMILES string of the molecule is Cc1cc2c(cc1-n1c(-c3cccc4c3oc3ccccc34)nc3ccccc31)oc1ccccc12. The molecule has 0 saturated carbocycles. The molecular formula is C32H20N2O2. The number of furan rings is 2. The molecule has 5 aromatic carbocycles. The van der Waals surface area contributed by atoms with E-state index in [-0.39, 0.29) is 0 Å². The molecule has 0 bridgehead atoms. The highest BCUT2D eigenvalue weighted by atomic mass is 16.3. The van der Waals surface area contributed by atoms with Gasteiger partial charge in [-0.15, -0.1) is 0 Å². The molecule has 0 amide bonds. The van der Waals surface area contributed by atoms with Crippen molar-refractivity contribution in [3.05, 3.63) is 109 Å². The topological polar surface area (TPSA) is 44.1 Å². The minimum atomic E-state index is 0.845. The standard InChI is InChI=1S/C32H20N2O2/c1-19-17-24-21-10-3-6-15-28(21)35-30(24)18-27(19)34-26-14-5-4-13-25(26)33-32(34)23-12-8-11-22-20-9-2-7-16-29(20)36-31(22)23/h2-18H,1H3. The second-order valence-electron chi connectivity index (χ2n) is 9.27. The number of imidazole rings is 1. The van der Waals surface area contributed by atoms with Crippen LogP contribution in [0.25, 0.3) is 72.0 Å². The summed E-state index contributed by atoms with van der Waals surface area (Å²) < 4.78 is 14.9. The van der Waals surface area contributed by atoms with Crippen LogP contribution in [-0.4, -0.2) is 9.55 Å². The summed E-state index contributed by atoms with van der Waals surface area (Å²) in [5.74, 6) is 0.847. The van der Waals surface area contributed by atoms with E-state index in [4.69, 9.17) is 13.8 Å². The largest absolute Gasteiger partial charge is 0.456 e. The van der Waals surface area contributed by atoms with Crippen LogP contribution < -0.4 is 0 Å². The monoisotopic (exact) mass is 464 g/mol. The molecule has 0 aliphatic carbocycles. The summed E-state index contributed by atoms with van der Waals surface area (Å²) in [6.07, 6.45) is 0. The molecule has 0 saturated heterocycles. The average molecular weight is 465 g/mol. The van der Waals surface area contributed by atoms with Gasteiger partial charge in [0.25, 0.3) is 0 Å². The fourth-order valence-electron chi connectivity index (χ4n) is 5.48. The molecule has 0 atom stereocenters. The predicted molar refractivity (Wildman–Crippen MR) is 146 cm³/mol. The maximum absolute atomic E-state index is 6.39. The molecule has 0 radical (unpaired) electrons. The van der Waals surface area contributed by atoms with E-state index in [1.807, 2.05) is 36.4 Å². The lowest BCUT2D eigenvalue weighted by atomic mass is 10.1. The van der Waals surface area contributed by atoms with Gasteiger partial charge in [-0.05, 0) is 48.9 Å². The number of hydrogen-bond acceptors (Lipinski definition) is 3. The molecule has 3 heterocycles. The van der Waals surface area contributed by atoms with E-state index in [9.17, 15) is 0 Å². The summed E-state index contributed by atoms with van der Waals surface area (Å²) in [6.45, 7) is 2.15. The van der Waals surface area contributed by atoms with Gasteiger partial charge >= 0.3 is 0 Å². The number of nitrogens with zero attached hydrogens (tertiary/aromatic N) is 2.